The van der Waals surface area contributed by atoms with Crippen molar-refractivity contribution >= 4 is 35.1 Å². The van der Waals surface area contributed by atoms with E-state index in [1.165, 1.54) is 0 Å². The normalized spacial score (nSPS) is 17.6. The van der Waals surface area contributed by atoms with Gasteiger partial charge in [0.2, 0.25) is 5.91 Å². The quantitative estimate of drug-likeness (QED) is 0.675. The molecule has 1 fully saturated rings. The molecule has 1 atom stereocenters. The summed E-state index contributed by atoms with van der Waals surface area (Å²) in [5.41, 5.74) is 1.02. The number of amides is 1. The zero-order valence-electron chi connectivity index (χ0n) is 13.9. The molecule has 24 heavy (non-hydrogen) atoms. The van der Waals surface area contributed by atoms with Gasteiger partial charge in [0, 0.05) is 19.4 Å². The third-order valence-corrected chi connectivity index (χ3v) is 4.97. The molecule has 0 aromatic heterocycles. The number of esters is 1. The second-order valence-electron chi connectivity index (χ2n) is 5.93. The fourth-order valence-corrected chi connectivity index (χ4v) is 3.36. The number of piperidine rings is 1. The number of rotatable bonds is 6. The summed E-state index contributed by atoms with van der Waals surface area (Å²) in [7, 11) is 0. The highest BCUT2D eigenvalue weighted by molar-refractivity contribution is 6.42. The van der Waals surface area contributed by atoms with Gasteiger partial charge in [-0.1, -0.05) is 29.3 Å². The minimum absolute atomic E-state index is 0.0311. The van der Waals surface area contributed by atoms with Crippen LogP contribution in [0.2, 0.25) is 10.0 Å². The van der Waals surface area contributed by atoms with Crippen LogP contribution < -0.4 is 0 Å². The molecule has 1 aliphatic rings. The Kier molecular flexibility index (Phi) is 7.38. The molecule has 0 radical (unpaired) electrons. The Balaban J connectivity index is 1.99. The molecule has 1 saturated heterocycles. The van der Waals surface area contributed by atoms with Gasteiger partial charge in [-0.3, -0.25) is 9.59 Å². The van der Waals surface area contributed by atoms with E-state index in [4.69, 9.17) is 27.9 Å². The van der Waals surface area contributed by atoms with Crippen LogP contribution in [0.25, 0.3) is 0 Å². The lowest BCUT2D eigenvalue weighted by atomic mass is 9.94. The third-order valence-electron chi connectivity index (χ3n) is 4.23. The van der Waals surface area contributed by atoms with Gasteiger partial charge in [-0.25, -0.2) is 0 Å². The summed E-state index contributed by atoms with van der Waals surface area (Å²) < 4.78 is 4.89. The van der Waals surface area contributed by atoms with Gasteiger partial charge < -0.3 is 9.64 Å². The summed E-state index contributed by atoms with van der Waals surface area (Å²) in [6.45, 7) is 2.89. The van der Waals surface area contributed by atoms with E-state index in [-0.39, 0.29) is 24.3 Å². The molecule has 6 heteroatoms. The van der Waals surface area contributed by atoms with Gasteiger partial charge in [0.1, 0.15) is 0 Å². The van der Waals surface area contributed by atoms with Crippen molar-refractivity contribution < 1.29 is 14.3 Å². The van der Waals surface area contributed by atoms with Gasteiger partial charge in [-0.15, -0.1) is 0 Å². The fraction of sp³-hybridized carbons (Fsp3) is 0.556. The van der Waals surface area contributed by atoms with Gasteiger partial charge in [0.15, 0.2) is 0 Å². The van der Waals surface area contributed by atoms with Crippen molar-refractivity contribution in [3.05, 3.63) is 33.8 Å². The standard InChI is InChI=1S/C18H23Cl2NO3/c1-2-24-18(23)8-5-7-17(22)21-11-4-3-6-16(21)13-9-10-14(19)15(20)12-13/h9-10,12,16H,2-8,11H2,1H3. The van der Waals surface area contributed by atoms with E-state index in [2.05, 4.69) is 0 Å². The highest BCUT2D eigenvalue weighted by Crippen LogP contribution is 2.34. The number of hydrogen-bond acceptors (Lipinski definition) is 3. The first kappa shape index (κ1) is 19.1. The lowest BCUT2D eigenvalue weighted by molar-refractivity contribution is -0.143. The number of hydrogen-bond donors (Lipinski definition) is 0. The summed E-state index contributed by atoms with van der Waals surface area (Å²) in [6, 6.07) is 5.59. The molecule has 0 spiro atoms. The Labute approximate surface area is 153 Å². The van der Waals surface area contributed by atoms with Gasteiger partial charge in [-0.2, -0.15) is 0 Å². The summed E-state index contributed by atoms with van der Waals surface area (Å²) in [5.74, 6) is -0.167. The van der Waals surface area contributed by atoms with Crippen molar-refractivity contribution in [2.75, 3.05) is 13.2 Å². The van der Waals surface area contributed by atoms with Gasteiger partial charge >= 0.3 is 5.97 Å². The SMILES string of the molecule is CCOC(=O)CCCC(=O)N1CCCCC1c1ccc(Cl)c(Cl)c1. The molecule has 0 aliphatic carbocycles. The van der Waals surface area contributed by atoms with Crippen LogP contribution in [-0.2, 0) is 14.3 Å². The first-order valence-corrected chi connectivity index (χ1v) is 9.18. The number of ether oxygens (including phenoxy) is 1. The average molecular weight is 372 g/mol. The minimum atomic E-state index is -0.245. The maximum Gasteiger partial charge on any atom is 0.305 e. The Bertz CT molecular complexity index is 592. The van der Waals surface area contributed by atoms with Crippen LogP contribution in [-0.4, -0.2) is 29.9 Å². The molecule has 1 unspecified atom stereocenters. The summed E-state index contributed by atoms with van der Waals surface area (Å²) >= 11 is 12.1. The molecule has 4 nitrogen and oxygen atoms in total. The topological polar surface area (TPSA) is 46.6 Å². The molecule has 0 N–H and O–H groups in total. The number of carbonyl (C=O) groups is 2. The number of halogens is 2. The van der Waals surface area contributed by atoms with E-state index in [0.717, 1.165) is 31.4 Å². The Morgan fingerprint density at radius 3 is 2.71 bits per heavy atom. The molecule has 132 valence electrons. The molecule has 0 saturated carbocycles. The van der Waals surface area contributed by atoms with E-state index >= 15 is 0 Å². The van der Waals surface area contributed by atoms with Crippen molar-refractivity contribution in [1.82, 2.24) is 4.90 Å². The van der Waals surface area contributed by atoms with Crippen LogP contribution in [0.1, 0.15) is 57.1 Å². The maximum absolute atomic E-state index is 12.6. The van der Waals surface area contributed by atoms with Crippen molar-refractivity contribution in [2.24, 2.45) is 0 Å². The fourth-order valence-electron chi connectivity index (χ4n) is 3.06. The number of likely N-dealkylation sites (tertiary alicyclic amines) is 1. The van der Waals surface area contributed by atoms with Crippen LogP contribution in [0.15, 0.2) is 18.2 Å². The second kappa shape index (κ2) is 9.28. The summed E-state index contributed by atoms with van der Waals surface area (Å²) in [5, 5.41) is 1.03. The second-order valence-corrected chi connectivity index (χ2v) is 6.75. The lowest BCUT2D eigenvalue weighted by Gasteiger charge is -2.36. The predicted octanol–water partition coefficient (Wildman–Crippen LogP) is 4.78. The molecule has 1 aromatic rings. The molecular weight excluding hydrogens is 349 g/mol. The molecule has 1 aliphatic heterocycles. The first-order valence-electron chi connectivity index (χ1n) is 8.43. The molecular formula is C18H23Cl2NO3. The predicted molar refractivity (Wildman–Crippen MR) is 95.3 cm³/mol. The van der Waals surface area contributed by atoms with E-state index in [9.17, 15) is 9.59 Å². The highest BCUT2D eigenvalue weighted by Gasteiger charge is 2.28. The number of benzene rings is 1. The number of nitrogens with zero attached hydrogens (tertiary/aromatic N) is 1. The average Bonchev–Trinajstić information content (AvgIpc) is 2.57. The summed E-state index contributed by atoms with van der Waals surface area (Å²) in [6.07, 6.45) is 4.16. The maximum atomic E-state index is 12.6. The molecule has 2 rings (SSSR count). The Hall–Kier alpha value is -1.26. The molecule has 1 aromatic carbocycles. The number of carbonyl (C=O) groups excluding carboxylic acids is 2. The Morgan fingerprint density at radius 1 is 1.21 bits per heavy atom. The smallest absolute Gasteiger partial charge is 0.305 e. The minimum Gasteiger partial charge on any atom is -0.466 e. The Morgan fingerprint density at radius 2 is 2.00 bits per heavy atom. The van der Waals surface area contributed by atoms with E-state index in [0.29, 0.717) is 29.5 Å². The van der Waals surface area contributed by atoms with E-state index < -0.39 is 0 Å². The van der Waals surface area contributed by atoms with Crippen LogP contribution in [0, 0.1) is 0 Å². The largest absolute Gasteiger partial charge is 0.466 e. The third kappa shape index (κ3) is 5.12. The molecule has 1 heterocycles. The van der Waals surface area contributed by atoms with Crippen molar-refractivity contribution in [3.8, 4) is 0 Å². The van der Waals surface area contributed by atoms with Crippen LogP contribution in [0.5, 0.6) is 0 Å². The monoisotopic (exact) mass is 371 g/mol. The van der Waals surface area contributed by atoms with Gasteiger partial charge in [0.25, 0.3) is 0 Å². The van der Waals surface area contributed by atoms with Crippen molar-refractivity contribution in [3.63, 3.8) is 0 Å². The first-order chi connectivity index (χ1) is 11.5. The van der Waals surface area contributed by atoms with Gasteiger partial charge in [-0.05, 0) is 50.3 Å². The zero-order chi connectivity index (χ0) is 17.5. The van der Waals surface area contributed by atoms with Crippen LogP contribution in [0.3, 0.4) is 0 Å². The highest BCUT2D eigenvalue weighted by atomic mass is 35.5. The molecule has 1 amide bonds. The van der Waals surface area contributed by atoms with Gasteiger partial charge in [0.05, 0.1) is 22.7 Å². The molecule has 0 bridgehead atoms. The lowest BCUT2D eigenvalue weighted by Crippen LogP contribution is -2.38. The van der Waals surface area contributed by atoms with E-state index in [1.54, 1.807) is 13.0 Å². The van der Waals surface area contributed by atoms with Crippen LogP contribution >= 0.6 is 23.2 Å². The van der Waals surface area contributed by atoms with Crippen LogP contribution in [0.4, 0.5) is 0 Å². The zero-order valence-corrected chi connectivity index (χ0v) is 15.4. The van der Waals surface area contributed by atoms with Crippen molar-refractivity contribution in [1.29, 1.82) is 0 Å². The summed E-state index contributed by atoms with van der Waals surface area (Å²) in [4.78, 5) is 25.9. The van der Waals surface area contributed by atoms with Crippen molar-refractivity contribution in [2.45, 2.75) is 51.5 Å². The van der Waals surface area contributed by atoms with E-state index in [1.807, 2.05) is 17.0 Å².